The summed E-state index contributed by atoms with van der Waals surface area (Å²) >= 11 is 0. The summed E-state index contributed by atoms with van der Waals surface area (Å²) in [4.78, 5) is 15.5. The largest absolute Gasteiger partial charge is 0.573 e. The summed E-state index contributed by atoms with van der Waals surface area (Å²) in [6.45, 7) is 1.17. The Morgan fingerprint density at radius 2 is 1.86 bits per heavy atom. The van der Waals surface area contributed by atoms with Crippen molar-refractivity contribution in [3.8, 4) is 5.75 Å². The van der Waals surface area contributed by atoms with E-state index in [1.807, 2.05) is 19.0 Å². The molecule has 0 aliphatic carbocycles. The van der Waals surface area contributed by atoms with Gasteiger partial charge in [-0.15, -0.1) is 13.2 Å². The van der Waals surface area contributed by atoms with Crippen LogP contribution in [0.15, 0.2) is 18.2 Å². The van der Waals surface area contributed by atoms with Gasteiger partial charge in [0.1, 0.15) is 0 Å². The van der Waals surface area contributed by atoms with Gasteiger partial charge in [-0.3, -0.25) is 4.79 Å². The number of hydrogen-bond donors (Lipinski definition) is 1. The molecule has 0 aliphatic rings. The molecule has 8 heteroatoms. The Kier molecular flexibility index (Phi) is 5.42. The monoisotopic (exact) mass is 305 g/mol. The molecule has 1 aromatic rings. The molecule has 21 heavy (non-hydrogen) atoms. The standard InChI is InChI=1S/C13H18F3N3O2/c1-18(2)6-7-19(3)12(20)9-4-5-11(10(17)8-9)21-13(14,15)16/h4-5,8H,6-7,17H2,1-3H3. The number of carbonyl (C=O) groups is 1. The van der Waals surface area contributed by atoms with Gasteiger partial charge in [0.05, 0.1) is 5.69 Å². The van der Waals surface area contributed by atoms with Crippen LogP contribution in [0.25, 0.3) is 0 Å². The second kappa shape index (κ2) is 6.66. The van der Waals surface area contributed by atoms with Crippen LogP contribution in [-0.4, -0.2) is 56.3 Å². The van der Waals surface area contributed by atoms with Gasteiger partial charge in [0.25, 0.3) is 5.91 Å². The molecule has 2 N–H and O–H groups in total. The highest BCUT2D eigenvalue weighted by atomic mass is 19.4. The lowest BCUT2D eigenvalue weighted by atomic mass is 10.1. The van der Waals surface area contributed by atoms with E-state index in [1.54, 1.807) is 7.05 Å². The molecule has 1 rings (SSSR count). The molecular formula is C13H18F3N3O2. The van der Waals surface area contributed by atoms with E-state index in [0.717, 1.165) is 6.07 Å². The second-order valence-corrected chi connectivity index (χ2v) is 4.83. The third-order valence-corrected chi connectivity index (χ3v) is 2.71. The van der Waals surface area contributed by atoms with E-state index >= 15 is 0 Å². The first-order valence-corrected chi connectivity index (χ1v) is 6.15. The lowest BCUT2D eigenvalue weighted by Gasteiger charge is -2.20. The van der Waals surface area contributed by atoms with Gasteiger partial charge in [-0.1, -0.05) is 0 Å². The van der Waals surface area contributed by atoms with Crippen molar-refractivity contribution < 1.29 is 22.7 Å². The van der Waals surface area contributed by atoms with Gasteiger partial charge < -0.3 is 20.3 Å². The summed E-state index contributed by atoms with van der Waals surface area (Å²) in [5.41, 5.74) is 5.46. The summed E-state index contributed by atoms with van der Waals surface area (Å²) in [6, 6.07) is 3.47. The number of nitrogens with zero attached hydrogens (tertiary/aromatic N) is 2. The highest BCUT2D eigenvalue weighted by molar-refractivity contribution is 5.95. The number of ether oxygens (including phenoxy) is 1. The number of anilines is 1. The predicted molar refractivity (Wildman–Crippen MR) is 73.1 cm³/mol. The van der Waals surface area contributed by atoms with Crippen LogP contribution in [0.3, 0.4) is 0 Å². The van der Waals surface area contributed by atoms with E-state index in [0.29, 0.717) is 13.1 Å². The van der Waals surface area contributed by atoms with E-state index in [-0.39, 0.29) is 17.2 Å². The number of likely N-dealkylation sites (N-methyl/N-ethyl adjacent to an activating group) is 2. The normalized spacial score (nSPS) is 11.6. The van der Waals surface area contributed by atoms with Gasteiger partial charge in [-0.2, -0.15) is 0 Å². The maximum absolute atomic E-state index is 12.1. The number of hydrogen-bond acceptors (Lipinski definition) is 4. The van der Waals surface area contributed by atoms with Crippen LogP contribution in [0.2, 0.25) is 0 Å². The maximum atomic E-state index is 12.1. The molecule has 0 atom stereocenters. The Hall–Kier alpha value is -1.96. The van der Waals surface area contributed by atoms with Crippen molar-refractivity contribution in [3.05, 3.63) is 23.8 Å². The number of rotatable bonds is 5. The average molecular weight is 305 g/mol. The predicted octanol–water partition coefficient (Wildman–Crippen LogP) is 1.80. The summed E-state index contributed by atoms with van der Waals surface area (Å²) < 4.78 is 40.1. The van der Waals surface area contributed by atoms with E-state index in [1.165, 1.54) is 17.0 Å². The van der Waals surface area contributed by atoms with Gasteiger partial charge >= 0.3 is 6.36 Å². The van der Waals surface area contributed by atoms with Crippen LogP contribution in [0.4, 0.5) is 18.9 Å². The number of halogens is 3. The van der Waals surface area contributed by atoms with Crippen molar-refractivity contribution >= 4 is 11.6 Å². The number of amides is 1. The Morgan fingerprint density at radius 3 is 2.33 bits per heavy atom. The smallest absolute Gasteiger partial charge is 0.404 e. The molecule has 0 spiro atoms. The van der Waals surface area contributed by atoms with Gasteiger partial charge in [-0.05, 0) is 32.3 Å². The van der Waals surface area contributed by atoms with Crippen LogP contribution in [-0.2, 0) is 0 Å². The minimum atomic E-state index is -4.82. The quantitative estimate of drug-likeness (QED) is 0.843. The molecule has 0 saturated heterocycles. The highest BCUT2D eigenvalue weighted by Gasteiger charge is 2.32. The molecule has 0 unspecified atom stereocenters. The number of nitrogen functional groups attached to an aromatic ring is 1. The molecule has 1 aromatic carbocycles. The molecule has 0 heterocycles. The van der Waals surface area contributed by atoms with E-state index in [2.05, 4.69) is 4.74 Å². The van der Waals surface area contributed by atoms with Crippen LogP contribution in [0, 0.1) is 0 Å². The zero-order valence-electron chi connectivity index (χ0n) is 12.1. The fourth-order valence-electron chi connectivity index (χ4n) is 1.57. The molecule has 0 aromatic heterocycles. The molecule has 0 aliphatic heterocycles. The van der Waals surface area contributed by atoms with Crippen LogP contribution in [0.1, 0.15) is 10.4 Å². The molecule has 0 radical (unpaired) electrons. The fraction of sp³-hybridized carbons (Fsp3) is 0.462. The molecule has 0 fully saturated rings. The Labute approximate surface area is 121 Å². The first kappa shape index (κ1) is 17.1. The number of benzene rings is 1. The summed E-state index contributed by atoms with van der Waals surface area (Å²) in [5, 5.41) is 0. The first-order chi connectivity index (χ1) is 9.60. The lowest BCUT2D eigenvalue weighted by Crippen LogP contribution is -2.33. The van der Waals surface area contributed by atoms with Gasteiger partial charge in [-0.25, -0.2) is 0 Å². The molecule has 5 nitrogen and oxygen atoms in total. The molecular weight excluding hydrogens is 287 g/mol. The third-order valence-electron chi connectivity index (χ3n) is 2.71. The van der Waals surface area contributed by atoms with E-state index < -0.39 is 12.1 Å². The number of nitrogens with two attached hydrogens (primary N) is 1. The Bertz CT molecular complexity index is 504. The maximum Gasteiger partial charge on any atom is 0.573 e. The van der Waals surface area contributed by atoms with Gasteiger partial charge in [0.2, 0.25) is 0 Å². The van der Waals surface area contributed by atoms with Crippen molar-refractivity contribution in [2.75, 3.05) is 40.0 Å². The Morgan fingerprint density at radius 1 is 1.24 bits per heavy atom. The number of alkyl halides is 3. The fourth-order valence-corrected chi connectivity index (χ4v) is 1.57. The summed E-state index contributed by atoms with van der Waals surface area (Å²) in [6.07, 6.45) is -4.82. The van der Waals surface area contributed by atoms with Crippen LogP contribution in [0.5, 0.6) is 5.75 Å². The minimum Gasteiger partial charge on any atom is -0.404 e. The lowest BCUT2D eigenvalue weighted by molar-refractivity contribution is -0.274. The molecule has 1 amide bonds. The van der Waals surface area contributed by atoms with E-state index in [4.69, 9.17) is 5.73 Å². The summed E-state index contributed by atoms with van der Waals surface area (Å²) in [7, 11) is 5.36. The van der Waals surface area contributed by atoms with Crippen LogP contribution >= 0.6 is 0 Å². The van der Waals surface area contributed by atoms with E-state index in [9.17, 15) is 18.0 Å². The van der Waals surface area contributed by atoms with Gasteiger partial charge in [0.15, 0.2) is 5.75 Å². The topological polar surface area (TPSA) is 58.8 Å². The molecule has 0 bridgehead atoms. The van der Waals surface area contributed by atoms with Crippen molar-refractivity contribution in [2.45, 2.75) is 6.36 Å². The molecule has 0 saturated carbocycles. The van der Waals surface area contributed by atoms with Crippen molar-refractivity contribution in [1.82, 2.24) is 9.80 Å². The molecule has 118 valence electrons. The average Bonchev–Trinajstić information content (AvgIpc) is 2.36. The van der Waals surface area contributed by atoms with Crippen molar-refractivity contribution in [3.63, 3.8) is 0 Å². The minimum absolute atomic E-state index is 0.211. The van der Waals surface area contributed by atoms with Crippen LogP contribution < -0.4 is 10.5 Å². The second-order valence-electron chi connectivity index (χ2n) is 4.83. The van der Waals surface area contributed by atoms with Crippen molar-refractivity contribution in [2.24, 2.45) is 0 Å². The number of carbonyl (C=O) groups excluding carboxylic acids is 1. The summed E-state index contributed by atoms with van der Waals surface area (Å²) in [5.74, 6) is -0.836. The van der Waals surface area contributed by atoms with Crippen molar-refractivity contribution in [1.29, 1.82) is 0 Å². The SMILES string of the molecule is CN(C)CCN(C)C(=O)c1ccc(OC(F)(F)F)c(N)c1. The first-order valence-electron chi connectivity index (χ1n) is 6.15. The zero-order valence-corrected chi connectivity index (χ0v) is 12.1. The third kappa shape index (κ3) is 5.50. The Balaban J connectivity index is 2.81. The zero-order chi connectivity index (χ0) is 16.2. The van der Waals surface area contributed by atoms with Gasteiger partial charge in [0, 0.05) is 25.7 Å². The highest BCUT2D eigenvalue weighted by Crippen LogP contribution is 2.29.